The number of carbonyl (C=O) groups excluding carboxylic acids is 2. The van der Waals surface area contributed by atoms with Gasteiger partial charge in [0.25, 0.3) is 0 Å². The molecule has 2 heterocycles. The van der Waals surface area contributed by atoms with Gasteiger partial charge in [-0.3, -0.25) is 14.6 Å². The Labute approximate surface area is 173 Å². The van der Waals surface area contributed by atoms with Gasteiger partial charge in [0.05, 0.1) is 19.0 Å². The number of nitrogens with zero attached hydrogens (tertiary/aromatic N) is 1. The maximum absolute atomic E-state index is 14.5. The molecular weight excluding hydrogens is 387 g/mol. The van der Waals surface area contributed by atoms with E-state index in [0.717, 1.165) is 5.57 Å². The van der Waals surface area contributed by atoms with Gasteiger partial charge in [-0.05, 0) is 48.2 Å². The number of hydrogen-bond donors (Lipinski definition) is 1. The smallest absolute Gasteiger partial charge is 0.244 e. The average molecular weight is 408 g/mol. The van der Waals surface area contributed by atoms with Gasteiger partial charge < -0.3 is 14.8 Å². The second kappa shape index (κ2) is 8.49. The van der Waals surface area contributed by atoms with Gasteiger partial charge in [0.15, 0.2) is 17.3 Å². The zero-order valence-electron chi connectivity index (χ0n) is 16.5. The molecule has 30 heavy (non-hydrogen) atoms. The molecule has 1 unspecified atom stereocenters. The largest absolute Gasteiger partial charge is 0.495 e. The number of allylic oxidation sites excluding steroid dienone is 2. The first-order valence-electron chi connectivity index (χ1n) is 9.67. The Morgan fingerprint density at radius 3 is 2.87 bits per heavy atom. The molecule has 0 spiro atoms. The van der Waals surface area contributed by atoms with Crippen molar-refractivity contribution in [2.24, 2.45) is 5.92 Å². The number of rotatable bonds is 6. The zero-order valence-corrected chi connectivity index (χ0v) is 16.5. The Morgan fingerprint density at radius 2 is 2.10 bits per heavy atom. The third-order valence-electron chi connectivity index (χ3n) is 5.24. The number of benzene rings is 1. The van der Waals surface area contributed by atoms with Crippen molar-refractivity contribution in [3.05, 3.63) is 76.9 Å². The van der Waals surface area contributed by atoms with Crippen molar-refractivity contribution < 1.29 is 23.5 Å². The summed E-state index contributed by atoms with van der Waals surface area (Å²) >= 11 is 0. The Balaban J connectivity index is 1.46. The number of carbonyl (C=O) groups is 2. The van der Waals surface area contributed by atoms with Gasteiger partial charge in [-0.2, -0.15) is 0 Å². The zero-order chi connectivity index (χ0) is 21.1. The van der Waals surface area contributed by atoms with E-state index in [9.17, 15) is 14.0 Å². The Morgan fingerprint density at radius 1 is 1.23 bits per heavy atom. The summed E-state index contributed by atoms with van der Waals surface area (Å²) in [6.45, 7) is 0.511. The van der Waals surface area contributed by atoms with Crippen molar-refractivity contribution in [1.29, 1.82) is 0 Å². The molecule has 1 aromatic heterocycles. The fourth-order valence-electron chi connectivity index (χ4n) is 3.64. The maximum Gasteiger partial charge on any atom is 0.244 e. The summed E-state index contributed by atoms with van der Waals surface area (Å²) in [6.07, 6.45) is 7.63. The molecule has 1 amide bonds. The molecule has 0 radical (unpaired) electrons. The highest BCUT2D eigenvalue weighted by molar-refractivity contribution is 6.02. The number of fused-ring (bicyclic) bond motifs is 1. The highest BCUT2D eigenvalue weighted by atomic mass is 19.1. The molecule has 6 nitrogen and oxygen atoms in total. The van der Waals surface area contributed by atoms with Gasteiger partial charge in [0.2, 0.25) is 5.91 Å². The van der Waals surface area contributed by atoms with Gasteiger partial charge in [0.1, 0.15) is 12.4 Å². The van der Waals surface area contributed by atoms with Crippen molar-refractivity contribution >= 4 is 11.7 Å². The van der Waals surface area contributed by atoms with Crippen LogP contribution >= 0.6 is 0 Å². The first-order chi connectivity index (χ1) is 14.5. The average Bonchev–Trinajstić information content (AvgIpc) is 2.90. The van der Waals surface area contributed by atoms with Gasteiger partial charge in [0, 0.05) is 24.1 Å². The standard InChI is InChI=1S/C23H21FN2O4/c1-29-18-4-3-17(26-12-18)13-30-21-11-19-15(10-20(21)24)9-16(23(19)28)8-14-2-5-22(27)25-7-6-14/h2-6,10-12,16H,7-9,13H2,1H3,(H,25,27). The molecule has 0 saturated heterocycles. The molecule has 154 valence electrons. The van der Waals surface area contributed by atoms with E-state index in [4.69, 9.17) is 9.47 Å². The second-order valence-corrected chi connectivity index (χ2v) is 7.24. The minimum atomic E-state index is -0.501. The molecular formula is C23H21FN2O4. The summed E-state index contributed by atoms with van der Waals surface area (Å²) in [5.41, 5.74) is 2.72. The Kier molecular flexibility index (Phi) is 5.61. The van der Waals surface area contributed by atoms with Crippen LogP contribution in [0, 0.1) is 11.7 Å². The molecule has 1 N–H and O–H groups in total. The van der Waals surface area contributed by atoms with Gasteiger partial charge in [-0.15, -0.1) is 0 Å². The summed E-state index contributed by atoms with van der Waals surface area (Å²) < 4.78 is 25.2. The van der Waals surface area contributed by atoms with Crippen molar-refractivity contribution in [2.75, 3.05) is 13.7 Å². The number of hydrogen-bond acceptors (Lipinski definition) is 5. The van der Waals surface area contributed by atoms with Crippen LogP contribution in [0.1, 0.15) is 28.0 Å². The maximum atomic E-state index is 14.5. The highest BCUT2D eigenvalue weighted by Crippen LogP contribution is 2.35. The fraction of sp³-hybridized carbons (Fsp3) is 0.261. The number of amides is 1. The lowest BCUT2D eigenvalue weighted by Crippen LogP contribution is -2.19. The first kappa shape index (κ1) is 19.8. The van der Waals surface area contributed by atoms with Gasteiger partial charge in [-0.1, -0.05) is 12.2 Å². The van der Waals surface area contributed by atoms with Crippen LogP contribution in [0.5, 0.6) is 11.5 Å². The molecule has 1 aliphatic heterocycles. The van der Waals surface area contributed by atoms with Gasteiger partial charge >= 0.3 is 0 Å². The van der Waals surface area contributed by atoms with E-state index < -0.39 is 5.82 Å². The lowest BCUT2D eigenvalue weighted by molar-refractivity contribution is -0.116. The normalized spacial score (nSPS) is 17.8. The third-order valence-corrected chi connectivity index (χ3v) is 5.24. The molecule has 1 aliphatic carbocycles. The molecule has 7 heteroatoms. The molecule has 0 fully saturated rings. The van der Waals surface area contributed by atoms with E-state index in [0.29, 0.717) is 42.0 Å². The summed E-state index contributed by atoms with van der Waals surface area (Å²) in [5, 5.41) is 2.71. The van der Waals surface area contributed by atoms with E-state index in [1.807, 2.05) is 6.08 Å². The predicted octanol–water partition coefficient (Wildman–Crippen LogP) is 3.17. The quantitative estimate of drug-likeness (QED) is 0.795. The number of halogens is 1. The lowest BCUT2D eigenvalue weighted by atomic mass is 9.95. The molecule has 0 bridgehead atoms. The van der Waals surface area contributed by atoms with E-state index in [2.05, 4.69) is 10.3 Å². The number of pyridine rings is 1. The van der Waals surface area contributed by atoms with Crippen LogP contribution < -0.4 is 14.8 Å². The summed E-state index contributed by atoms with van der Waals surface area (Å²) in [5.74, 6) is -0.310. The summed E-state index contributed by atoms with van der Waals surface area (Å²) in [4.78, 5) is 28.5. The van der Waals surface area contributed by atoms with E-state index in [1.54, 1.807) is 31.5 Å². The molecule has 0 saturated carbocycles. The van der Waals surface area contributed by atoms with Crippen molar-refractivity contribution in [3.8, 4) is 11.5 Å². The number of methoxy groups -OCH3 is 1. The van der Waals surface area contributed by atoms with Crippen LogP contribution in [-0.2, 0) is 17.8 Å². The Hall–Kier alpha value is -3.48. The predicted molar refractivity (Wildman–Crippen MR) is 108 cm³/mol. The van der Waals surface area contributed by atoms with Crippen LogP contribution in [0.15, 0.2) is 54.3 Å². The number of ether oxygens (including phenoxy) is 2. The highest BCUT2D eigenvalue weighted by Gasteiger charge is 2.32. The minimum absolute atomic E-state index is 0.0312. The van der Waals surface area contributed by atoms with Crippen molar-refractivity contribution in [2.45, 2.75) is 19.4 Å². The van der Waals surface area contributed by atoms with Crippen molar-refractivity contribution in [1.82, 2.24) is 10.3 Å². The SMILES string of the molecule is COc1ccc(COc2cc3c(cc2F)CC(CC2=CCNC(=O)C=C2)C3=O)nc1. The minimum Gasteiger partial charge on any atom is -0.495 e. The van der Waals surface area contributed by atoms with E-state index in [1.165, 1.54) is 18.2 Å². The third kappa shape index (κ3) is 4.25. The Bertz CT molecular complexity index is 1040. The fourth-order valence-corrected chi connectivity index (χ4v) is 3.64. The lowest BCUT2D eigenvalue weighted by Gasteiger charge is -2.09. The topological polar surface area (TPSA) is 77.5 Å². The molecule has 1 atom stereocenters. The monoisotopic (exact) mass is 408 g/mol. The van der Waals surface area contributed by atoms with Crippen LogP contribution in [-0.4, -0.2) is 30.3 Å². The van der Waals surface area contributed by atoms with Crippen LogP contribution in [0.2, 0.25) is 0 Å². The number of ketones is 1. The molecule has 2 aliphatic rings. The van der Waals surface area contributed by atoms with E-state index >= 15 is 0 Å². The summed E-state index contributed by atoms with van der Waals surface area (Å²) in [7, 11) is 1.55. The number of nitrogens with one attached hydrogen (secondary N) is 1. The molecule has 1 aromatic carbocycles. The van der Waals surface area contributed by atoms with Crippen molar-refractivity contribution in [3.63, 3.8) is 0 Å². The van der Waals surface area contributed by atoms with Crippen LogP contribution in [0.3, 0.4) is 0 Å². The molecule has 2 aromatic rings. The first-order valence-corrected chi connectivity index (χ1v) is 9.67. The summed E-state index contributed by atoms with van der Waals surface area (Å²) in [6, 6.07) is 6.35. The van der Waals surface area contributed by atoms with Crippen LogP contribution in [0.25, 0.3) is 0 Å². The number of Topliss-reactive ketones (excluding diaryl/α,β-unsaturated/α-hetero) is 1. The molecule has 4 rings (SSSR count). The second-order valence-electron chi connectivity index (χ2n) is 7.24. The van der Waals surface area contributed by atoms with Gasteiger partial charge in [-0.25, -0.2) is 4.39 Å². The van der Waals surface area contributed by atoms with Crippen LogP contribution in [0.4, 0.5) is 4.39 Å². The number of aromatic nitrogens is 1. The van der Waals surface area contributed by atoms with E-state index in [-0.39, 0.29) is 30.0 Å².